The van der Waals surface area contributed by atoms with Crippen molar-refractivity contribution in [3.63, 3.8) is 0 Å². The van der Waals surface area contributed by atoms with Crippen LogP contribution in [0.15, 0.2) is 11.4 Å². The summed E-state index contributed by atoms with van der Waals surface area (Å²) in [5.41, 5.74) is 1.48. The Morgan fingerprint density at radius 2 is 2.35 bits per heavy atom. The Morgan fingerprint density at radius 1 is 1.41 bits per heavy atom. The van der Waals surface area contributed by atoms with E-state index in [4.69, 9.17) is 11.6 Å². The monoisotopic (exact) mass is 284 g/mol. The molecule has 1 aliphatic rings. The molecule has 0 bridgehead atoms. The third kappa shape index (κ3) is 2.26. The van der Waals surface area contributed by atoms with Crippen molar-refractivity contribution >= 4 is 34.3 Å². The second-order valence-corrected chi connectivity index (χ2v) is 6.69. The number of halogens is 1. The zero-order valence-corrected chi connectivity index (χ0v) is 11.7. The van der Waals surface area contributed by atoms with Gasteiger partial charge in [-0.25, -0.2) is 0 Å². The fraction of sp³-hybridized carbons (Fsp3) is 0.500. The van der Waals surface area contributed by atoms with Gasteiger partial charge in [-0.1, -0.05) is 0 Å². The fourth-order valence-electron chi connectivity index (χ4n) is 2.33. The van der Waals surface area contributed by atoms with E-state index in [1.54, 1.807) is 11.3 Å². The van der Waals surface area contributed by atoms with Gasteiger partial charge in [-0.3, -0.25) is 0 Å². The zero-order chi connectivity index (χ0) is 11.7. The SMILES string of the molecule is ClCCc1nnc(C2CCCc3sccc32)s1. The van der Waals surface area contributed by atoms with Gasteiger partial charge in [0.1, 0.15) is 10.0 Å². The van der Waals surface area contributed by atoms with Gasteiger partial charge in [-0.2, -0.15) is 0 Å². The number of alkyl halides is 1. The van der Waals surface area contributed by atoms with E-state index < -0.39 is 0 Å². The van der Waals surface area contributed by atoms with Crippen LogP contribution in [0, 0.1) is 0 Å². The van der Waals surface area contributed by atoms with Crippen molar-refractivity contribution in [3.05, 3.63) is 31.9 Å². The van der Waals surface area contributed by atoms with Gasteiger partial charge in [0.25, 0.3) is 0 Å². The molecule has 0 spiro atoms. The summed E-state index contributed by atoms with van der Waals surface area (Å²) in [6, 6.07) is 2.26. The molecule has 1 unspecified atom stereocenters. The van der Waals surface area contributed by atoms with E-state index >= 15 is 0 Å². The predicted molar refractivity (Wildman–Crippen MR) is 73.4 cm³/mol. The maximum Gasteiger partial charge on any atom is 0.124 e. The molecule has 2 aromatic heterocycles. The molecule has 0 N–H and O–H groups in total. The van der Waals surface area contributed by atoms with Crippen molar-refractivity contribution in [1.29, 1.82) is 0 Å². The molecule has 0 fully saturated rings. The Labute approximate surface area is 114 Å². The highest BCUT2D eigenvalue weighted by molar-refractivity contribution is 7.11. The zero-order valence-electron chi connectivity index (χ0n) is 9.36. The number of rotatable bonds is 3. The number of thiophene rings is 1. The third-order valence-electron chi connectivity index (χ3n) is 3.14. The largest absolute Gasteiger partial charge is 0.149 e. The number of aromatic nitrogens is 2. The molecule has 0 amide bonds. The summed E-state index contributed by atoms with van der Waals surface area (Å²) in [7, 11) is 0. The first kappa shape index (κ1) is 11.6. The van der Waals surface area contributed by atoms with Crippen molar-refractivity contribution in [3.8, 4) is 0 Å². The Hall–Kier alpha value is -0.450. The molecule has 0 aromatic carbocycles. The van der Waals surface area contributed by atoms with Crippen LogP contribution in [0.2, 0.25) is 0 Å². The third-order valence-corrected chi connectivity index (χ3v) is 5.42. The van der Waals surface area contributed by atoms with Crippen LogP contribution in [0.1, 0.15) is 39.2 Å². The molecule has 0 saturated carbocycles. The fourth-order valence-corrected chi connectivity index (χ4v) is 4.61. The van der Waals surface area contributed by atoms with E-state index in [1.165, 1.54) is 34.7 Å². The number of nitrogens with zero attached hydrogens (tertiary/aromatic N) is 2. The molecule has 5 heteroatoms. The van der Waals surface area contributed by atoms with E-state index in [9.17, 15) is 0 Å². The lowest BCUT2D eigenvalue weighted by Gasteiger charge is -2.19. The number of hydrogen-bond acceptors (Lipinski definition) is 4. The Balaban J connectivity index is 1.90. The van der Waals surface area contributed by atoms with E-state index in [0.717, 1.165) is 11.4 Å². The minimum atomic E-state index is 0.478. The molecule has 90 valence electrons. The van der Waals surface area contributed by atoms with Crippen molar-refractivity contribution in [2.45, 2.75) is 31.6 Å². The number of aryl methyl sites for hydroxylation is 2. The lowest BCUT2D eigenvalue weighted by atomic mass is 9.88. The van der Waals surface area contributed by atoms with Crippen LogP contribution < -0.4 is 0 Å². The van der Waals surface area contributed by atoms with Crippen LogP contribution in [-0.2, 0) is 12.8 Å². The van der Waals surface area contributed by atoms with Gasteiger partial charge in [-0.15, -0.1) is 44.5 Å². The summed E-state index contributed by atoms with van der Waals surface area (Å²) in [6.45, 7) is 0. The molecular formula is C12H13ClN2S2. The topological polar surface area (TPSA) is 25.8 Å². The number of fused-ring (bicyclic) bond motifs is 1. The van der Waals surface area contributed by atoms with Gasteiger partial charge in [0.15, 0.2) is 0 Å². The standard InChI is InChI=1S/C12H13ClN2S2/c13-6-4-11-14-15-12(17-11)9-2-1-3-10-8(9)5-7-16-10/h5,7,9H,1-4,6H2. The summed E-state index contributed by atoms with van der Waals surface area (Å²) in [5, 5.41) is 13.0. The van der Waals surface area contributed by atoms with E-state index in [1.807, 2.05) is 11.3 Å². The molecule has 0 saturated heterocycles. The lowest BCUT2D eigenvalue weighted by Crippen LogP contribution is -2.08. The highest BCUT2D eigenvalue weighted by Gasteiger charge is 2.25. The molecule has 1 atom stereocenters. The minimum Gasteiger partial charge on any atom is -0.149 e. The summed E-state index contributed by atoms with van der Waals surface area (Å²) < 4.78 is 0. The van der Waals surface area contributed by atoms with Crippen LogP contribution >= 0.6 is 34.3 Å². The molecule has 3 rings (SSSR count). The van der Waals surface area contributed by atoms with Gasteiger partial charge in [0, 0.05) is 23.1 Å². The molecular weight excluding hydrogens is 272 g/mol. The summed E-state index contributed by atoms with van der Waals surface area (Å²) in [6.07, 6.45) is 4.54. The normalized spacial score (nSPS) is 19.2. The van der Waals surface area contributed by atoms with E-state index in [2.05, 4.69) is 21.6 Å². The van der Waals surface area contributed by atoms with Crippen LogP contribution in [-0.4, -0.2) is 16.1 Å². The minimum absolute atomic E-state index is 0.478. The highest BCUT2D eigenvalue weighted by Crippen LogP contribution is 2.40. The Bertz CT molecular complexity index is 506. The Kier molecular flexibility index (Phi) is 3.45. The molecule has 1 aliphatic carbocycles. The van der Waals surface area contributed by atoms with E-state index in [-0.39, 0.29) is 0 Å². The smallest absolute Gasteiger partial charge is 0.124 e. The van der Waals surface area contributed by atoms with Crippen molar-refractivity contribution < 1.29 is 0 Å². The van der Waals surface area contributed by atoms with Gasteiger partial charge in [-0.05, 0) is 36.3 Å². The first-order valence-corrected chi connectivity index (χ1v) is 8.06. The van der Waals surface area contributed by atoms with Crippen molar-refractivity contribution in [2.75, 3.05) is 5.88 Å². The summed E-state index contributed by atoms with van der Waals surface area (Å²) in [5.74, 6) is 1.11. The average Bonchev–Trinajstić information content (AvgIpc) is 2.96. The van der Waals surface area contributed by atoms with E-state index in [0.29, 0.717) is 11.8 Å². The molecule has 0 aliphatic heterocycles. The lowest BCUT2D eigenvalue weighted by molar-refractivity contribution is 0.617. The van der Waals surface area contributed by atoms with Crippen LogP contribution in [0.4, 0.5) is 0 Å². The Morgan fingerprint density at radius 3 is 3.24 bits per heavy atom. The van der Waals surface area contributed by atoms with Crippen LogP contribution in [0.25, 0.3) is 0 Å². The van der Waals surface area contributed by atoms with Gasteiger partial charge in [0.05, 0.1) is 0 Å². The average molecular weight is 285 g/mol. The summed E-state index contributed by atoms with van der Waals surface area (Å²) in [4.78, 5) is 1.54. The number of hydrogen-bond donors (Lipinski definition) is 0. The summed E-state index contributed by atoms with van der Waals surface area (Å²) >= 11 is 9.34. The molecule has 2 aromatic rings. The predicted octanol–water partition coefficient (Wildman–Crippen LogP) is 3.85. The molecule has 17 heavy (non-hydrogen) atoms. The molecule has 2 nitrogen and oxygen atoms in total. The van der Waals surface area contributed by atoms with Crippen molar-refractivity contribution in [1.82, 2.24) is 10.2 Å². The quantitative estimate of drug-likeness (QED) is 0.800. The first-order chi connectivity index (χ1) is 8.38. The van der Waals surface area contributed by atoms with Crippen molar-refractivity contribution in [2.24, 2.45) is 0 Å². The van der Waals surface area contributed by atoms with Gasteiger partial charge in [0.2, 0.25) is 0 Å². The second kappa shape index (κ2) is 5.04. The highest BCUT2D eigenvalue weighted by atomic mass is 35.5. The maximum atomic E-state index is 5.74. The van der Waals surface area contributed by atoms with Gasteiger partial charge >= 0.3 is 0 Å². The van der Waals surface area contributed by atoms with Crippen LogP contribution in [0.3, 0.4) is 0 Å². The van der Waals surface area contributed by atoms with Gasteiger partial charge < -0.3 is 0 Å². The van der Waals surface area contributed by atoms with Crippen LogP contribution in [0.5, 0.6) is 0 Å². The molecule has 2 heterocycles. The maximum absolute atomic E-state index is 5.74. The molecule has 0 radical (unpaired) electrons. The second-order valence-electron chi connectivity index (χ2n) is 4.22. The first-order valence-electron chi connectivity index (χ1n) is 5.83.